The SMILES string of the molecule is BB1CCC(N(C)C(=S)c2ccc3nonc3c2)CC1. The molecule has 0 unspecified atom stereocenters. The summed E-state index contributed by atoms with van der Waals surface area (Å²) in [6.07, 6.45) is 5.05. The summed E-state index contributed by atoms with van der Waals surface area (Å²) in [7, 11) is 4.44. The van der Waals surface area contributed by atoms with Crippen LogP contribution in [-0.4, -0.2) is 47.6 Å². The first-order valence-electron chi connectivity index (χ1n) is 7.14. The van der Waals surface area contributed by atoms with Crippen molar-refractivity contribution in [3.63, 3.8) is 0 Å². The topological polar surface area (TPSA) is 42.2 Å². The highest BCUT2D eigenvalue weighted by atomic mass is 32.1. The van der Waals surface area contributed by atoms with Gasteiger partial charge in [-0.3, -0.25) is 0 Å². The first-order valence-corrected chi connectivity index (χ1v) is 7.55. The summed E-state index contributed by atoms with van der Waals surface area (Å²) in [5, 5.41) is 7.70. The Bertz CT molecular complexity index is 625. The Kier molecular flexibility index (Phi) is 3.78. The van der Waals surface area contributed by atoms with E-state index in [1.54, 1.807) is 0 Å². The predicted octanol–water partition coefficient (Wildman–Crippen LogP) is 1.62. The number of rotatable bonds is 2. The minimum Gasteiger partial charge on any atom is -0.362 e. The van der Waals surface area contributed by atoms with Gasteiger partial charge in [-0.25, -0.2) is 4.63 Å². The van der Waals surface area contributed by atoms with Gasteiger partial charge in [0.05, 0.1) is 7.74 Å². The number of thiocarbonyl (C=S) groups is 1. The number of benzene rings is 1. The van der Waals surface area contributed by atoms with Gasteiger partial charge in [-0.15, -0.1) is 0 Å². The van der Waals surface area contributed by atoms with Crippen LogP contribution in [0.5, 0.6) is 0 Å². The van der Waals surface area contributed by atoms with Gasteiger partial charge in [-0.05, 0) is 41.4 Å². The zero-order valence-electron chi connectivity index (χ0n) is 11.9. The van der Waals surface area contributed by atoms with Crippen LogP contribution in [0.2, 0.25) is 12.6 Å². The van der Waals surface area contributed by atoms with Gasteiger partial charge < -0.3 is 4.90 Å². The molecule has 1 aromatic carbocycles. The van der Waals surface area contributed by atoms with Gasteiger partial charge in [0, 0.05) is 18.7 Å². The highest BCUT2D eigenvalue weighted by Crippen LogP contribution is 2.24. The Labute approximate surface area is 125 Å². The Hall–Kier alpha value is -1.36. The van der Waals surface area contributed by atoms with Gasteiger partial charge in [-0.1, -0.05) is 24.9 Å². The monoisotopic (exact) mass is 285 g/mol. The molecule has 4 nitrogen and oxygen atoms in total. The van der Waals surface area contributed by atoms with Gasteiger partial charge in [0.1, 0.15) is 22.6 Å². The van der Waals surface area contributed by atoms with Gasteiger partial charge in [0.25, 0.3) is 0 Å². The minimum atomic E-state index is 0.560. The number of hydrogen-bond donors (Lipinski definition) is 0. The predicted molar refractivity (Wildman–Crippen MR) is 88.2 cm³/mol. The molecule has 0 radical (unpaired) electrons. The maximum Gasteiger partial charge on any atom is 0.135 e. The highest BCUT2D eigenvalue weighted by Gasteiger charge is 2.24. The van der Waals surface area contributed by atoms with Crippen molar-refractivity contribution in [2.24, 2.45) is 0 Å². The summed E-state index contributed by atoms with van der Waals surface area (Å²) in [6.45, 7) is 0.853. The van der Waals surface area contributed by atoms with E-state index in [0.29, 0.717) is 6.04 Å². The number of hydrogen-bond acceptors (Lipinski definition) is 4. The molecule has 0 spiro atoms. The molecule has 1 fully saturated rings. The zero-order valence-corrected chi connectivity index (χ0v) is 12.7. The maximum absolute atomic E-state index is 5.64. The largest absolute Gasteiger partial charge is 0.362 e. The van der Waals surface area contributed by atoms with Crippen molar-refractivity contribution in [1.82, 2.24) is 15.2 Å². The lowest BCUT2D eigenvalue weighted by molar-refractivity contribution is 0.315. The second-order valence-corrected chi connectivity index (χ2v) is 6.18. The molecule has 0 N–H and O–H groups in total. The Morgan fingerprint density at radius 3 is 2.80 bits per heavy atom. The van der Waals surface area contributed by atoms with Crippen molar-refractivity contribution in [3.05, 3.63) is 23.8 Å². The summed E-state index contributed by atoms with van der Waals surface area (Å²) < 4.78 is 4.73. The second kappa shape index (κ2) is 5.56. The molecule has 0 amide bonds. The van der Waals surface area contributed by atoms with Crippen LogP contribution in [0, 0.1) is 0 Å². The number of nitrogens with zero attached hydrogens (tertiary/aromatic N) is 3. The van der Waals surface area contributed by atoms with E-state index in [9.17, 15) is 0 Å². The normalized spacial score (nSPS) is 16.6. The van der Waals surface area contributed by atoms with Gasteiger partial charge in [0.2, 0.25) is 0 Å². The zero-order chi connectivity index (χ0) is 14.1. The molecular weight excluding hydrogens is 268 g/mol. The van der Waals surface area contributed by atoms with Crippen LogP contribution >= 0.6 is 12.2 Å². The summed E-state index contributed by atoms with van der Waals surface area (Å²) in [6, 6.07) is 6.42. The Morgan fingerprint density at radius 2 is 2.05 bits per heavy atom. The molecule has 7 heteroatoms. The van der Waals surface area contributed by atoms with Crippen LogP contribution in [0.25, 0.3) is 11.0 Å². The molecule has 102 valence electrons. The van der Waals surface area contributed by atoms with Crippen LogP contribution in [0.3, 0.4) is 0 Å². The Balaban J connectivity index is 1.77. The van der Waals surface area contributed by atoms with Gasteiger partial charge in [0.15, 0.2) is 0 Å². The lowest BCUT2D eigenvalue weighted by Crippen LogP contribution is -2.40. The summed E-state index contributed by atoms with van der Waals surface area (Å²) in [4.78, 5) is 3.13. The molecule has 1 aromatic heterocycles. The van der Waals surface area contributed by atoms with Crippen LogP contribution in [0.4, 0.5) is 0 Å². The molecule has 2 aromatic rings. The van der Waals surface area contributed by atoms with Crippen molar-refractivity contribution in [1.29, 1.82) is 0 Å². The van der Waals surface area contributed by atoms with E-state index < -0.39 is 0 Å². The number of fused-ring (bicyclic) bond motifs is 1. The highest BCUT2D eigenvalue weighted by molar-refractivity contribution is 7.80. The third kappa shape index (κ3) is 2.59. The fourth-order valence-corrected chi connectivity index (χ4v) is 3.19. The molecule has 1 aliphatic heterocycles. The third-order valence-electron chi connectivity index (χ3n) is 4.35. The van der Waals surface area contributed by atoms with E-state index in [1.165, 1.54) is 25.5 Å². The maximum atomic E-state index is 5.64. The first kappa shape index (κ1) is 13.6. The van der Waals surface area contributed by atoms with E-state index in [2.05, 4.69) is 30.0 Å². The van der Waals surface area contributed by atoms with Crippen molar-refractivity contribution < 1.29 is 4.63 Å². The van der Waals surface area contributed by atoms with Crippen LogP contribution in [-0.2, 0) is 0 Å². The Morgan fingerprint density at radius 1 is 1.35 bits per heavy atom. The molecule has 1 aliphatic rings. The van der Waals surface area contributed by atoms with Crippen LogP contribution < -0.4 is 0 Å². The summed E-state index contributed by atoms with van der Waals surface area (Å²) in [5.74, 6) is 0. The lowest BCUT2D eigenvalue weighted by atomic mass is 9.27. The van der Waals surface area contributed by atoms with E-state index in [4.69, 9.17) is 16.8 Å². The van der Waals surface area contributed by atoms with Crippen molar-refractivity contribution in [3.8, 4) is 0 Å². The quantitative estimate of drug-likeness (QED) is 0.619. The summed E-state index contributed by atoms with van der Waals surface area (Å²) >= 11 is 5.64. The summed E-state index contributed by atoms with van der Waals surface area (Å²) in [5.41, 5.74) is 2.55. The fraction of sp³-hybridized carbons (Fsp3) is 0.462. The third-order valence-corrected chi connectivity index (χ3v) is 4.88. The minimum absolute atomic E-state index is 0.560. The molecule has 0 saturated carbocycles. The smallest absolute Gasteiger partial charge is 0.135 e. The molecule has 20 heavy (non-hydrogen) atoms. The molecule has 2 heterocycles. The van der Waals surface area contributed by atoms with Crippen molar-refractivity contribution in [2.45, 2.75) is 31.5 Å². The van der Waals surface area contributed by atoms with Gasteiger partial charge in [-0.2, -0.15) is 0 Å². The van der Waals surface area contributed by atoms with E-state index >= 15 is 0 Å². The second-order valence-electron chi connectivity index (χ2n) is 5.80. The number of aromatic nitrogens is 2. The standard InChI is InChI=1S/C13H17B2N3OS/c1-18(10-4-6-15(14)7-5-10)13(20)9-2-3-11-12(8-9)17-19-16-11/h2-3,8,10H,4-7,14H2,1H3. The van der Waals surface area contributed by atoms with Crippen LogP contribution in [0.15, 0.2) is 22.8 Å². The van der Waals surface area contributed by atoms with E-state index in [1.807, 2.05) is 18.2 Å². The molecule has 1 saturated heterocycles. The molecule has 0 bridgehead atoms. The molecule has 3 rings (SSSR count). The molecule has 0 atom stereocenters. The van der Waals surface area contributed by atoms with Crippen molar-refractivity contribution >= 4 is 42.6 Å². The molecular formula is C13H17B2N3OS. The van der Waals surface area contributed by atoms with Crippen LogP contribution in [0.1, 0.15) is 18.4 Å². The van der Waals surface area contributed by atoms with Gasteiger partial charge >= 0.3 is 0 Å². The average molecular weight is 285 g/mol. The average Bonchev–Trinajstić information content (AvgIpc) is 2.94. The lowest BCUT2D eigenvalue weighted by Gasteiger charge is -2.34. The molecule has 0 aliphatic carbocycles. The van der Waals surface area contributed by atoms with E-state index in [0.717, 1.165) is 28.2 Å². The first-order chi connectivity index (χ1) is 9.65. The fourth-order valence-electron chi connectivity index (χ4n) is 2.91. The van der Waals surface area contributed by atoms with Crippen molar-refractivity contribution in [2.75, 3.05) is 7.05 Å². The van der Waals surface area contributed by atoms with E-state index in [-0.39, 0.29) is 0 Å².